The predicted molar refractivity (Wildman–Crippen MR) is 181 cm³/mol. The maximum Gasteiger partial charge on any atom is 0.336 e. The van der Waals surface area contributed by atoms with Gasteiger partial charge in [-0.1, -0.05) is 30.3 Å². The molecule has 2 atom stereocenters. The van der Waals surface area contributed by atoms with Crippen molar-refractivity contribution in [2.24, 2.45) is 10.9 Å². The van der Waals surface area contributed by atoms with Crippen molar-refractivity contribution in [3.63, 3.8) is 0 Å². The van der Waals surface area contributed by atoms with Crippen molar-refractivity contribution in [1.29, 1.82) is 0 Å². The summed E-state index contributed by atoms with van der Waals surface area (Å²) in [5, 5.41) is 2.90. The minimum Gasteiger partial charge on any atom is -0.465 e. The van der Waals surface area contributed by atoms with Crippen LogP contribution in [0.1, 0.15) is 65.2 Å². The number of carbonyl (C=O) groups is 3. The van der Waals surface area contributed by atoms with E-state index in [1.165, 1.54) is 0 Å². The molecule has 1 amide bonds. The van der Waals surface area contributed by atoms with Gasteiger partial charge in [0.05, 0.1) is 18.8 Å². The van der Waals surface area contributed by atoms with Gasteiger partial charge in [-0.25, -0.2) is 4.79 Å². The summed E-state index contributed by atoms with van der Waals surface area (Å²) in [4.78, 5) is 57.3. The molecule has 0 radical (unpaired) electrons. The number of benzene rings is 1. The van der Waals surface area contributed by atoms with Crippen molar-refractivity contribution < 1.29 is 23.9 Å². The average Bonchev–Trinajstić information content (AvgIpc) is 3.12. The Balaban J connectivity index is 1.32. The van der Waals surface area contributed by atoms with E-state index < -0.39 is 23.8 Å². The monoisotopic (exact) mass is 645 g/mol. The van der Waals surface area contributed by atoms with Crippen LogP contribution in [-0.2, 0) is 38.4 Å². The highest BCUT2D eigenvalue weighted by Crippen LogP contribution is 2.40. The summed E-state index contributed by atoms with van der Waals surface area (Å²) in [5.74, 6) is -2.83. The van der Waals surface area contributed by atoms with Crippen molar-refractivity contribution in [3.8, 4) is 0 Å². The lowest BCUT2D eigenvalue weighted by molar-refractivity contribution is -0.147. The first-order valence-electron chi connectivity index (χ1n) is 16.1. The van der Waals surface area contributed by atoms with Gasteiger partial charge >= 0.3 is 11.9 Å². The Labute approximate surface area is 280 Å². The number of ether oxygens (including phenoxy) is 2. The highest BCUT2D eigenvalue weighted by atomic mass is 16.5. The van der Waals surface area contributed by atoms with E-state index in [0.29, 0.717) is 60.3 Å². The van der Waals surface area contributed by atoms with Crippen molar-refractivity contribution >= 4 is 23.6 Å². The molecule has 0 spiro atoms. The summed E-state index contributed by atoms with van der Waals surface area (Å²) in [5.41, 5.74) is 5.42. The number of nitrogens with one attached hydrogen (secondary N) is 1. The molecule has 0 saturated heterocycles. The molecule has 4 aromatic rings. The van der Waals surface area contributed by atoms with Crippen LogP contribution >= 0.6 is 0 Å². The number of esters is 2. The van der Waals surface area contributed by atoms with Crippen LogP contribution in [0.4, 0.5) is 0 Å². The minimum atomic E-state index is -0.852. The molecule has 1 aromatic carbocycles. The average molecular weight is 646 g/mol. The molecule has 0 saturated carbocycles. The van der Waals surface area contributed by atoms with Gasteiger partial charge in [0.2, 0.25) is 0 Å². The van der Waals surface area contributed by atoms with Crippen LogP contribution in [0.25, 0.3) is 0 Å². The number of hydrogen-bond donors (Lipinski definition) is 1. The van der Waals surface area contributed by atoms with Crippen molar-refractivity contribution in [2.75, 3.05) is 13.2 Å². The first-order chi connectivity index (χ1) is 23.4. The van der Waals surface area contributed by atoms with Crippen LogP contribution in [0, 0.1) is 5.92 Å². The molecular weight excluding hydrogens is 606 g/mol. The molecule has 0 aliphatic carbocycles. The number of aliphatic imine (C=N–C) groups is 1. The Hall–Kier alpha value is -5.51. The Morgan fingerprint density at radius 1 is 0.729 bits per heavy atom. The highest BCUT2D eigenvalue weighted by molar-refractivity contribution is 6.07. The number of carbonyl (C=O) groups excluding carboxylic acids is 3. The second-order valence-corrected chi connectivity index (χ2v) is 11.6. The maximum absolute atomic E-state index is 13.7. The molecule has 5 rings (SSSR count). The van der Waals surface area contributed by atoms with E-state index in [1.807, 2.05) is 36.4 Å². The Kier molecular flexibility index (Phi) is 11.9. The molecule has 0 bridgehead atoms. The third kappa shape index (κ3) is 9.06. The molecule has 1 aliphatic heterocycles. The van der Waals surface area contributed by atoms with Gasteiger partial charge in [-0.2, -0.15) is 0 Å². The van der Waals surface area contributed by atoms with E-state index in [2.05, 4.69) is 25.3 Å². The molecule has 1 aliphatic rings. The lowest BCUT2D eigenvalue weighted by atomic mass is 9.75. The van der Waals surface area contributed by atoms with Gasteiger partial charge in [0.1, 0.15) is 5.92 Å². The van der Waals surface area contributed by atoms with Gasteiger partial charge in [-0.15, -0.1) is 0 Å². The van der Waals surface area contributed by atoms with Crippen LogP contribution in [0.2, 0.25) is 0 Å². The maximum atomic E-state index is 13.7. The lowest BCUT2D eigenvalue weighted by Crippen LogP contribution is -2.36. The molecule has 0 fully saturated rings. The standard InChI is InChI=1S/C38H39N5O5/c1-26-33(37(45)47-20-6-11-28-8-3-17-39-22-28)35(31-13-15-32(16-14-31)36(44)42-25-30-10-5-19-41-24-30)34(27(2)43-26)38(46)48-21-7-12-29-9-4-18-40-23-29/h3-5,8-10,13-19,22-24,33,35H,6-7,11-12,20-21,25H2,1-2H3,(H,42,44). The summed E-state index contributed by atoms with van der Waals surface area (Å²) in [6.45, 7) is 4.25. The zero-order valence-corrected chi connectivity index (χ0v) is 27.2. The molecule has 3 aromatic heterocycles. The normalized spacial score (nSPS) is 15.8. The molecule has 10 nitrogen and oxygen atoms in total. The summed E-state index contributed by atoms with van der Waals surface area (Å²) in [7, 11) is 0. The van der Waals surface area contributed by atoms with E-state index in [-0.39, 0.29) is 19.1 Å². The molecular formula is C38H39N5O5. The van der Waals surface area contributed by atoms with Gasteiger partial charge in [0.15, 0.2) is 0 Å². The van der Waals surface area contributed by atoms with Gasteiger partial charge < -0.3 is 14.8 Å². The van der Waals surface area contributed by atoms with Gasteiger partial charge in [0.25, 0.3) is 5.91 Å². The second kappa shape index (κ2) is 16.9. The largest absolute Gasteiger partial charge is 0.465 e. The summed E-state index contributed by atoms with van der Waals surface area (Å²) in [6.07, 6.45) is 13.0. The van der Waals surface area contributed by atoms with E-state index in [1.54, 1.807) is 75.3 Å². The number of aromatic nitrogens is 3. The molecule has 1 N–H and O–H groups in total. The van der Waals surface area contributed by atoms with Crippen molar-refractivity contribution in [3.05, 3.63) is 137 Å². The van der Waals surface area contributed by atoms with Crippen LogP contribution in [0.3, 0.4) is 0 Å². The first-order valence-corrected chi connectivity index (χ1v) is 16.1. The van der Waals surface area contributed by atoms with Crippen LogP contribution in [0.15, 0.2) is 114 Å². The first kappa shape index (κ1) is 33.8. The molecule has 48 heavy (non-hydrogen) atoms. The van der Waals surface area contributed by atoms with E-state index in [9.17, 15) is 14.4 Å². The summed E-state index contributed by atoms with van der Waals surface area (Å²) in [6, 6.07) is 18.3. The number of pyridine rings is 3. The van der Waals surface area contributed by atoms with Crippen LogP contribution in [-0.4, -0.2) is 51.7 Å². The number of nitrogens with zero attached hydrogens (tertiary/aromatic N) is 4. The number of aryl methyl sites for hydroxylation is 2. The van der Waals surface area contributed by atoms with Gasteiger partial charge in [0, 0.05) is 66.6 Å². The fourth-order valence-corrected chi connectivity index (χ4v) is 5.75. The fourth-order valence-electron chi connectivity index (χ4n) is 5.75. The SMILES string of the molecule is CC1=NC(C)=C(C(=O)OCCCc2cccnc2)C(c2ccc(C(=O)NCc3cccnc3)cc2)C1C(=O)OCCCc1cccnc1. The smallest absolute Gasteiger partial charge is 0.336 e. The summed E-state index contributed by atoms with van der Waals surface area (Å²) >= 11 is 0. The van der Waals surface area contributed by atoms with Crippen molar-refractivity contribution in [1.82, 2.24) is 20.3 Å². The zero-order valence-electron chi connectivity index (χ0n) is 27.2. The number of rotatable bonds is 14. The minimum absolute atomic E-state index is 0.194. The number of amides is 1. The zero-order chi connectivity index (χ0) is 33.7. The Bertz CT molecular complexity index is 1740. The van der Waals surface area contributed by atoms with Gasteiger partial charge in [-0.05, 0) is 92.1 Å². The van der Waals surface area contributed by atoms with Crippen molar-refractivity contribution in [2.45, 2.75) is 52.0 Å². The van der Waals surface area contributed by atoms with Crippen LogP contribution < -0.4 is 5.32 Å². The third-order valence-corrected chi connectivity index (χ3v) is 8.15. The second-order valence-electron chi connectivity index (χ2n) is 11.6. The van der Waals surface area contributed by atoms with E-state index >= 15 is 0 Å². The highest BCUT2D eigenvalue weighted by Gasteiger charge is 2.42. The fraction of sp³-hybridized carbons (Fsp3) is 0.289. The van der Waals surface area contributed by atoms with Crippen LogP contribution in [0.5, 0.6) is 0 Å². The van der Waals surface area contributed by atoms with E-state index in [0.717, 1.165) is 16.7 Å². The molecule has 10 heteroatoms. The quantitative estimate of drug-likeness (QED) is 0.138. The molecule has 2 unspecified atom stereocenters. The Morgan fingerprint density at radius 3 is 1.85 bits per heavy atom. The molecule has 246 valence electrons. The third-order valence-electron chi connectivity index (χ3n) is 8.15. The number of hydrogen-bond acceptors (Lipinski definition) is 9. The topological polar surface area (TPSA) is 133 Å². The van der Waals surface area contributed by atoms with E-state index in [4.69, 9.17) is 9.47 Å². The van der Waals surface area contributed by atoms with Gasteiger partial charge in [-0.3, -0.25) is 29.5 Å². The molecule has 4 heterocycles. The lowest BCUT2D eigenvalue weighted by Gasteiger charge is -2.31. The predicted octanol–water partition coefficient (Wildman–Crippen LogP) is 5.60. The Morgan fingerprint density at radius 2 is 1.29 bits per heavy atom. The number of allylic oxidation sites excluding steroid dienone is 1. The summed E-state index contributed by atoms with van der Waals surface area (Å²) < 4.78 is 11.5.